The summed E-state index contributed by atoms with van der Waals surface area (Å²) in [5.74, 6) is -0.668. The molecule has 0 aromatic heterocycles. The maximum Gasteiger partial charge on any atom is 0.339 e. The van der Waals surface area contributed by atoms with Crippen molar-refractivity contribution in [3.63, 3.8) is 0 Å². The number of rotatable bonds is 5. The SMILES string of the molecule is COC(=O)C(C)(O)COCCC(C)(C)C. The molecule has 0 aliphatic heterocycles. The van der Waals surface area contributed by atoms with E-state index in [9.17, 15) is 9.90 Å². The highest BCUT2D eigenvalue weighted by Gasteiger charge is 2.31. The Morgan fingerprint density at radius 2 is 1.80 bits per heavy atom. The lowest BCUT2D eigenvalue weighted by Crippen LogP contribution is -2.41. The quantitative estimate of drug-likeness (QED) is 0.559. The Labute approximate surface area is 91.6 Å². The first kappa shape index (κ1) is 14.4. The molecule has 0 spiro atoms. The molecule has 15 heavy (non-hydrogen) atoms. The number of ether oxygens (including phenoxy) is 2. The van der Waals surface area contributed by atoms with Crippen molar-refractivity contribution in [1.29, 1.82) is 0 Å². The van der Waals surface area contributed by atoms with Gasteiger partial charge < -0.3 is 14.6 Å². The molecule has 0 fully saturated rings. The van der Waals surface area contributed by atoms with Crippen molar-refractivity contribution < 1.29 is 19.4 Å². The highest BCUT2D eigenvalue weighted by atomic mass is 16.6. The average molecular weight is 218 g/mol. The van der Waals surface area contributed by atoms with Gasteiger partial charge in [-0.2, -0.15) is 0 Å². The van der Waals surface area contributed by atoms with Crippen LogP contribution in [0.1, 0.15) is 34.1 Å². The summed E-state index contributed by atoms with van der Waals surface area (Å²) in [6, 6.07) is 0. The molecular formula is C11H22O4. The minimum absolute atomic E-state index is 0.0320. The minimum atomic E-state index is -1.55. The molecular weight excluding hydrogens is 196 g/mol. The van der Waals surface area contributed by atoms with Gasteiger partial charge in [-0.15, -0.1) is 0 Å². The summed E-state index contributed by atoms with van der Waals surface area (Å²) in [5, 5.41) is 9.61. The van der Waals surface area contributed by atoms with Gasteiger partial charge in [0, 0.05) is 6.61 Å². The molecule has 1 unspecified atom stereocenters. The second-order valence-electron chi connectivity index (χ2n) is 5.13. The van der Waals surface area contributed by atoms with E-state index in [2.05, 4.69) is 25.5 Å². The Kier molecular flexibility index (Phi) is 5.24. The van der Waals surface area contributed by atoms with Gasteiger partial charge in [0.1, 0.15) is 0 Å². The van der Waals surface area contributed by atoms with Gasteiger partial charge in [0.25, 0.3) is 0 Å². The molecule has 0 heterocycles. The van der Waals surface area contributed by atoms with Gasteiger partial charge in [0.05, 0.1) is 13.7 Å². The van der Waals surface area contributed by atoms with Crippen LogP contribution in [0.3, 0.4) is 0 Å². The van der Waals surface area contributed by atoms with Crippen LogP contribution < -0.4 is 0 Å². The van der Waals surface area contributed by atoms with Crippen molar-refractivity contribution >= 4 is 5.97 Å². The smallest absolute Gasteiger partial charge is 0.339 e. The molecule has 0 rings (SSSR count). The largest absolute Gasteiger partial charge is 0.467 e. The molecule has 0 aromatic carbocycles. The maximum absolute atomic E-state index is 11.1. The molecule has 4 heteroatoms. The van der Waals surface area contributed by atoms with Gasteiger partial charge in [0.2, 0.25) is 0 Å². The highest BCUT2D eigenvalue weighted by molar-refractivity contribution is 5.78. The Balaban J connectivity index is 3.81. The third-order valence-electron chi connectivity index (χ3n) is 2.00. The molecule has 90 valence electrons. The third kappa shape index (κ3) is 6.47. The topological polar surface area (TPSA) is 55.8 Å². The summed E-state index contributed by atoms with van der Waals surface area (Å²) in [4.78, 5) is 11.1. The van der Waals surface area contributed by atoms with E-state index in [1.807, 2.05) is 0 Å². The van der Waals surface area contributed by atoms with Crippen LogP contribution in [0, 0.1) is 5.41 Å². The standard InChI is InChI=1S/C11H22O4/c1-10(2,3)6-7-15-8-11(4,13)9(12)14-5/h13H,6-8H2,1-5H3. The number of hydrogen-bond donors (Lipinski definition) is 1. The Hall–Kier alpha value is -0.610. The normalized spacial score (nSPS) is 15.9. The van der Waals surface area contributed by atoms with Crippen molar-refractivity contribution in [2.45, 2.75) is 39.7 Å². The number of aliphatic hydroxyl groups is 1. The summed E-state index contributed by atoms with van der Waals surface area (Å²) < 4.78 is 9.69. The van der Waals surface area contributed by atoms with Gasteiger partial charge in [0.15, 0.2) is 5.60 Å². The molecule has 1 atom stereocenters. The molecule has 0 aliphatic rings. The van der Waals surface area contributed by atoms with Gasteiger partial charge >= 0.3 is 5.97 Å². The van der Waals surface area contributed by atoms with Crippen LogP contribution in [-0.2, 0) is 14.3 Å². The predicted molar refractivity (Wildman–Crippen MR) is 57.5 cm³/mol. The van der Waals surface area contributed by atoms with Gasteiger partial charge in [-0.05, 0) is 18.8 Å². The van der Waals surface area contributed by atoms with Crippen molar-refractivity contribution in [2.24, 2.45) is 5.41 Å². The third-order valence-corrected chi connectivity index (χ3v) is 2.00. The summed E-state index contributed by atoms with van der Waals surface area (Å²) in [6.07, 6.45) is 0.879. The second kappa shape index (κ2) is 5.47. The van der Waals surface area contributed by atoms with Crippen molar-refractivity contribution in [1.82, 2.24) is 0 Å². The van der Waals surface area contributed by atoms with E-state index in [0.717, 1.165) is 6.42 Å². The van der Waals surface area contributed by atoms with Crippen LogP contribution in [-0.4, -0.2) is 37.0 Å². The van der Waals surface area contributed by atoms with E-state index in [0.29, 0.717) is 6.61 Å². The summed E-state index contributed by atoms with van der Waals surface area (Å²) in [6.45, 7) is 8.20. The molecule has 0 saturated heterocycles. The zero-order chi connectivity index (χ0) is 12.1. The van der Waals surface area contributed by atoms with Crippen LogP contribution in [0.15, 0.2) is 0 Å². The zero-order valence-corrected chi connectivity index (χ0v) is 10.3. The first-order valence-corrected chi connectivity index (χ1v) is 5.07. The fourth-order valence-electron chi connectivity index (χ4n) is 0.928. The van der Waals surface area contributed by atoms with E-state index in [4.69, 9.17) is 4.74 Å². The van der Waals surface area contributed by atoms with E-state index < -0.39 is 11.6 Å². The summed E-state index contributed by atoms with van der Waals surface area (Å²) >= 11 is 0. The van der Waals surface area contributed by atoms with E-state index in [-0.39, 0.29) is 12.0 Å². The minimum Gasteiger partial charge on any atom is -0.467 e. The summed E-state index contributed by atoms with van der Waals surface area (Å²) in [5.41, 5.74) is -1.36. The van der Waals surface area contributed by atoms with Gasteiger partial charge in [-0.25, -0.2) is 4.79 Å². The molecule has 0 saturated carbocycles. The molecule has 0 amide bonds. The number of carbonyl (C=O) groups is 1. The average Bonchev–Trinajstić information content (AvgIpc) is 2.09. The molecule has 0 radical (unpaired) electrons. The molecule has 0 aromatic rings. The first-order chi connectivity index (χ1) is 6.69. The Morgan fingerprint density at radius 3 is 2.20 bits per heavy atom. The second-order valence-corrected chi connectivity index (χ2v) is 5.13. The monoisotopic (exact) mass is 218 g/mol. The highest BCUT2D eigenvalue weighted by Crippen LogP contribution is 2.18. The lowest BCUT2D eigenvalue weighted by atomic mass is 9.93. The van der Waals surface area contributed by atoms with Crippen LogP contribution in [0.25, 0.3) is 0 Å². The molecule has 4 nitrogen and oxygen atoms in total. The predicted octanol–water partition coefficient (Wildman–Crippen LogP) is 1.36. The fraction of sp³-hybridized carbons (Fsp3) is 0.909. The fourth-order valence-corrected chi connectivity index (χ4v) is 0.928. The molecule has 1 N–H and O–H groups in total. The zero-order valence-electron chi connectivity index (χ0n) is 10.3. The van der Waals surface area contributed by atoms with Gasteiger partial charge in [-0.1, -0.05) is 20.8 Å². The van der Waals surface area contributed by atoms with Crippen molar-refractivity contribution in [3.8, 4) is 0 Å². The maximum atomic E-state index is 11.1. The molecule has 0 aliphatic carbocycles. The van der Waals surface area contributed by atoms with Crippen LogP contribution in [0.5, 0.6) is 0 Å². The van der Waals surface area contributed by atoms with Crippen LogP contribution >= 0.6 is 0 Å². The molecule has 0 bridgehead atoms. The lowest BCUT2D eigenvalue weighted by molar-refractivity contribution is -0.166. The van der Waals surface area contributed by atoms with E-state index in [1.165, 1.54) is 14.0 Å². The number of esters is 1. The Morgan fingerprint density at radius 1 is 1.27 bits per heavy atom. The number of methoxy groups -OCH3 is 1. The first-order valence-electron chi connectivity index (χ1n) is 5.07. The summed E-state index contributed by atoms with van der Waals surface area (Å²) in [7, 11) is 1.24. The number of carbonyl (C=O) groups excluding carboxylic acids is 1. The lowest BCUT2D eigenvalue weighted by Gasteiger charge is -2.22. The number of hydrogen-bond acceptors (Lipinski definition) is 4. The van der Waals surface area contributed by atoms with Crippen molar-refractivity contribution in [3.05, 3.63) is 0 Å². The van der Waals surface area contributed by atoms with Crippen molar-refractivity contribution in [2.75, 3.05) is 20.3 Å². The van der Waals surface area contributed by atoms with Crippen LogP contribution in [0.2, 0.25) is 0 Å². The van der Waals surface area contributed by atoms with E-state index >= 15 is 0 Å². The van der Waals surface area contributed by atoms with Crippen LogP contribution in [0.4, 0.5) is 0 Å². The van der Waals surface area contributed by atoms with Gasteiger partial charge in [-0.3, -0.25) is 0 Å². The Bertz CT molecular complexity index is 203. The van der Waals surface area contributed by atoms with E-state index in [1.54, 1.807) is 0 Å².